The molecule has 0 aliphatic carbocycles. The molecule has 0 aromatic carbocycles. The second-order valence-corrected chi connectivity index (χ2v) is 3.35. The molecule has 0 fully saturated rings. The number of pyridine rings is 1. The number of anilines is 1. The van der Waals surface area contributed by atoms with E-state index in [-0.39, 0.29) is 12.2 Å². The molecule has 0 saturated heterocycles. The molecule has 1 rings (SSSR count). The van der Waals surface area contributed by atoms with E-state index in [9.17, 15) is 4.79 Å². The highest BCUT2D eigenvalue weighted by atomic mass is 16.5. The summed E-state index contributed by atoms with van der Waals surface area (Å²) in [4.78, 5) is 15.4. The van der Waals surface area contributed by atoms with Crippen molar-refractivity contribution in [2.45, 2.75) is 13.8 Å². The van der Waals surface area contributed by atoms with Crippen LogP contribution in [0.15, 0.2) is 30.1 Å². The maximum absolute atomic E-state index is 11.3. The minimum atomic E-state index is -0.656. The Morgan fingerprint density at radius 2 is 2.26 bits per heavy atom. The first-order chi connectivity index (χ1) is 9.21. The zero-order valence-electron chi connectivity index (χ0n) is 10.8. The van der Waals surface area contributed by atoms with E-state index in [0.29, 0.717) is 18.2 Å². The first kappa shape index (κ1) is 14.5. The molecule has 0 saturated carbocycles. The van der Waals surface area contributed by atoms with Gasteiger partial charge in [-0.1, -0.05) is 0 Å². The highest BCUT2D eigenvalue weighted by Crippen LogP contribution is 2.12. The van der Waals surface area contributed by atoms with Gasteiger partial charge < -0.3 is 14.8 Å². The SMILES string of the molecule is CCOC(=O)/C(C#N)=C\Nc1ccc(OCC)nc1. The van der Waals surface area contributed by atoms with Crippen LogP contribution in [0.25, 0.3) is 0 Å². The molecule has 100 valence electrons. The fourth-order valence-electron chi connectivity index (χ4n) is 1.20. The Hall–Kier alpha value is -2.55. The molecular weight excluding hydrogens is 246 g/mol. The molecule has 6 nitrogen and oxygen atoms in total. The molecule has 0 atom stereocenters. The average Bonchev–Trinajstić information content (AvgIpc) is 2.42. The lowest BCUT2D eigenvalue weighted by atomic mass is 10.3. The third-order valence-electron chi connectivity index (χ3n) is 2.03. The highest BCUT2D eigenvalue weighted by Gasteiger charge is 2.08. The molecule has 1 aromatic heterocycles. The van der Waals surface area contributed by atoms with Gasteiger partial charge in [-0.3, -0.25) is 0 Å². The summed E-state index contributed by atoms with van der Waals surface area (Å²) in [5.74, 6) is -0.140. The molecule has 6 heteroatoms. The number of carbonyl (C=O) groups excluding carboxylic acids is 1. The summed E-state index contributed by atoms with van der Waals surface area (Å²) in [5, 5.41) is 11.6. The lowest BCUT2D eigenvalue weighted by molar-refractivity contribution is -0.138. The largest absolute Gasteiger partial charge is 0.478 e. The van der Waals surface area contributed by atoms with E-state index in [0.717, 1.165) is 0 Å². The average molecular weight is 261 g/mol. The second-order valence-electron chi connectivity index (χ2n) is 3.35. The number of hydrogen-bond donors (Lipinski definition) is 1. The van der Waals surface area contributed by atoms with Crippen LogP contribution in [-0.2, 0) is 9.53 Å². The van der Waals surface area contributed by atoms with Crippen molar-refractivity contribution in [2.75, 3.05) is 18.5 Å². The zero-order chi connectivity index (χ0) is 14.1. The molecule has 1 heterocycles. The summed E-state index contributed by atoms with van der Waals surface area (Å²) in [6.07, 6.45) is 2.83. The van der Waals surface area contributed by atoms with Crippen LogP contribution in [0.2, 0.25) is 0 Å². The molecule has 19 heavy (non-hydrogen) atoms. The van der Waals surface area contributed by atoms with Gasteiger partial charge in [-0.15, -0.1) is 0 Å². The Morgan fingerprint density at radius 1 is 1.47 bits per heavy atom. The van der Waals surface area contributed by atoms with Gasteiger partial charge in [0.15, 0.2) is 5.57 Å². The van der Waals surface area contributed by atoms with Crippen LogP contribution in [0, 0.1) is 11.3 Å². The number of esters is 1. The van der Waals surface area contributed by atoms with Gasteiger partial charge in [0.2, 0.25) is 5.88 Å². The summed E-state index contributed by atoms with van der Waals surface area (Å²) < 4.78 is 9.93. The molecule has 0 aliphatic rings. The standard InChI is InChI=1S/C13H15N3O3/c1-3-18-12-6-5-11(9-16-12)15-8-10(7-14)13(17)19-4-2/h5-6,8-9,15H,3-4H2,1-2H3/b10-8-. The maximum Gasteiger partial charge on any atom is 0.350 e. The fraction of sp³-hybridized carbons (Fsp3) is 0.308. The quantitative estimate of drug-likeness (QED) is 0.478. The summed E-state index contributed by atoms with van der Waals surface area (Å²) in [6, 6.07) is 5.19. The smallest absolute Gasteiger partial charge is 0.350 e. The summed E-state index contributed by atoms with van der Waals surface area (Å²) in [5.41, 5.74) is 0.538. The van der Waals surface area contributed by atoms with Gasteiger partial charge in [0.1, 0.15) is 6.07 Å². The molecule has 0 bridgehead atoms. The number of nitrogens with zero attached hydrogens (tertiary/aromatic N) is 2. The predicted molar refractivity (Wildman–Crippen MR) is 69.4 cm³/mol. The van der Waals surface area contributed by atoms with Crippen LogP contribution in [0.3, 0.4) is 0 Å². The van der Waals surface area contributed by atoms with Crippen molar-refractivity contribution in [2.24, 2.45) is 0 Å². The van der Waals surface area contributed by atoms with Crippen molar-refractivity contribution in [1.82, 2.24) is 4.98 Å². The Morgan fingerprint density at radius 3 is 2.79 bits per heavy atom. The van der Waals surface area contributed by atoms with Crippen LogP contribution in [0.4, 0.5) is 5.69 Å². The molecule has 1 aromatic rings. The van der Waals surface area contributed by atoms with E-state index in [1.54, 1.807) is 31.3 Å². The van der Waals surface area contributed by atoms with Crippen LogP contribution < -0.4 is 10.1 Å². The first-order valence-corrected chi connectivity index (χ1v) is 5.84. The van der Waals surface area contributed by atoms with Crippen molar-refractivity contribution in [3.05, 3.63) is 30.1 Å². The first-order valence-electron chi connectivity index (χ1n) is 5.84. The van der Waals surface area contributed by atoms with Crippen molar-refractivity contribution in [1.29, 1.82) is 5.26 Å². The zero-order valence-corrected chi connectivity index (χ0v) is 10.8. The van der Waals surface area contributed by atoms with Crippen LogP contribution in [0.1, 0.15) is 13.8 Å². The molecule has 0 aliphatic heterocycles. The molecule has 0 radical (unpaired) electrons. The summed E-state index contributed by atoms with van der Waals surface area (Å²) in [7, 11) is 0. The van der Waals surface area contributed by atoms with Crippen LogP contribution in [0.5, 0.6) is 5.88 Å². The van der Waals surface area contributed by atoms with Crippen molar-refractivity contribution < 1.29 is 14.3 Å². The molecule has 1 N–H and O–H groups in total. The summed E-state index contributed by atoms with van der Waals surface area (Å²) >= 11 is 0. The van der Waals surface area contributed by atoms with Crippen molar-refractivity contribution in [3.63, 3.8) is 0 Å². The topological polar surface area (TPSA) is 84.2 Å². The number of aromatic nitrogens is 1. The number of carbonyl (C=O) groups is 1. The number of nitrogens with one attached hydrogen (secondary N) is 1. The van der Waals surface area contributed by atoms with Gasteiger partial charge in [-0.05, 0) is 19.9 Å². The van der Waals surface area contributed by atoms with Gasteiger partial charge in [-0.2, -0.15) is 5.26 Å². The number of nitriles is 1. The Kier molecular flexibility index (Phi) is 5.89. The Balaban J connectivity index is 2.68. The molecule has 0 amide bonds. The minimum absolute atomic E-state index is 0.101. The number of hydrogen-bond acceptors (Lipinski definition) is 6. The van der Waals surface area contributed by atoms with Crippen molar-refractivity contribution >= 4 is 11.7 Å². The monoisotopic (exact) mass is 261 g/mol. The lowest BCUT2D eigenvalue weighted by Gasteiger charge is -2.04. The van der Waals surface area contributed by atoms with E-state index >= 15 is 0 Å². The van der Waals surface area contributed by atoms with E-state index in [1.807, 2.05) is 6.92 Å². The second kappa shape index (κ2) is 7.71. The third-order valence-corrected chi connectivity index (χ3v) is 2.03. The van der Waals surface area contributed by atoms with Crippen LogP contribution in [-0.4, -0.2) is 24.2 Å². The van der Waals surface area contributed by atoms with Gasteiger partial charge >= 0.3 is 5.97 Å². The normalized spacial score (nSPS) is 10.5. The van der Waals surface area contributed by atoms with Gasteiger partial charge in [-0.25, -0.2) is 9.78 Å². The number of ether oxygens (including phenoxy) is 2. The lowest BCUT2D eigenvalue weighted by Crippen LogP contribution is -2.08. The summed E-state index contributed by atoms with van der Waals surface area (Å²) in [6.45, 7) is 4.31. The molecule has 0 spiro atoms. The van der Waals surface area contributed by atoms with E-state index in [1.165, 1.54) is 6.20 Å². The fourth-order valence-corrected chi connectivity index (χ4v) is 1.20. The predicted octanol–water partition coefficient (Wildman–Crippen LogP) is 1.86. The van der Waals surface area contributed by atoms with E-state index in [2.05, 4.69) is 10.3 Å². The maximum atomic E-state index is 11.3. The Labute approximate surface area is 111 Å². The molecule has 0 unspecified atom stereocenters. The van der Waals surface area contributed by atoms with Gasteiger partial charge in [0, 0.05) is 12.3 Å². The van der Waals surface area contributed by atoms with Crippen molar-refractivity contribution in [3.8, 4) is 11.9 Å². The Bertz CT molecular complexity index is 489. The third kappa shape index (κ3) is 4.68. The molecular formula is C13H15N3O3. The highest BCUT2D eigenvalue weighted by molar-refractivity contribution is 5.93. The minimum Gasteiger partial charge on any atom is -0.478 e. The van der Waals surface area contributed by atoms with Gasteiger partial charge in [0.25, 0.3) is 0 Å². The van der Waals surface area contributed by atoms with E-state index in [4.69, 9.17) is 14.7 Å². The van der Waals surface area contributed by atoms with Gasteiger partial charge in [0.05, 0.1) is 25.1 Å². The van der Waals surface area contributed by atoms with Crippen LogP contribution >= 0.6 is 0 Å². The van der Waals surface area contributed by atoms with E-state index < -0.39 is 5.97 Å². The number of rotatable bonds is 6.